The molecule has 0 unspecified atom stereocenters. The van der Waals surface area contributed by atoms with Crippen molar-refractivity contribution >= 4 is 40.7 Å². The molecular formula is C26H24Cl2N6O4. The van der Waals surface area contributed by atoms with Crippen LogP contribution in [0.25, 0.3) is 10.4 Å². The zero-order valence-electron chi connectivity index (χ0n) is 20.1. The van der Waals surface area contributed by atoms with Gasteiger partial charge in [-0.15, -0.1) is 0 Å². The second-order valence-corrected chi connectivity index (χ2v) is 9.27. The van der Waals surface area contributed by atoms with Gasteiger partial charge in [-0.05, 0) is 47.5 Å². The van der Waals surface area contributed by atoms with E-state index in [4.69, 9.17) is 54.1 Å². The Kier molecular flexibility index (Phi) is 8.73. The Morgan fingerprint density at radius 3 is 2.66 bits per heavy atom. The first-order chi connectivity index (χ1) is 18.4. The number of aliphatic hydroxyl groups excluding tert-OH is 1. The first kappa shape index (κ1) is 27.3. The number of aliphatic hydroxyl groups is 1. The molecule has 1 amide bonds. The number of benzene rings is 3. The third-order valence-electron chi connectivity index (χ3n) is 6.01. The van der Waals surface area contributed by atoms with Crippen molar-refractivity contribution in [2.45, 2.75) is 24.5 Å². The Morgan fingerprint density at radius 1 is 1.21 bits per heavy atom. The van der Waals surface area contributed by atoms with Crippen molar-refractivity contribution in [1.82, 2.24) is 5.43 Å². The van der Waals surface area contributed by atoms with Crippen LogP contribution in [0.2, 0.25) is 10.0 Å². The summed E-state index contributed by atoms with van der Waals surface area (Å²) in [6, 6.07) is 18.7. The number of hydrogen-bond acceptors (Lipinski definition) is 7. The number of nitrogens with two attached hydrogens (primary N) is 1. The molecule has 12 heteroatoms. The van der Waals surface area contributed by atoms with Crippen molar-refractivity contribution in [1.29, 1.82) is 0 Å². The minimum atomic E-state index is -1.61. The first-order valence-corrected chi connectivity index (χ1v) is 12.4. The average Bonchev–Trinajstić information content (AvgIpc) is 3.30. The van der Waals surface area contributed by atoms with Crippen LogP contribution < -0.4 is 16.0 Å². The highest BCUT2D eigenvalue weighted by atomic mass is 35.5. The number of nitrogens with zero attached hydrogens (tertiary/aromatic N) is 4. The molecule has 0 spiro atoms. The number of rotatable bonds is 10. The van der Waals surface area contributed by atoms with Gasteiger partial charge in [0.1, 0.15) is 5.75 Å². The smallest absolute Gasteiger partial charge is 0.266 e. The molecular weight excluding hydrogens is 531 g/mol. The number of azide groups is 1. The Morgan fingerprint density at radius 2 is 1.97 bits per heavy atom. The molecule has 10 nitrogen and oxygen atoms in total. The SMILES string of the molecule is [N-]=[N+]=Nc1ccccc1C[C@]1(C(=O)NN)N=C(c2ccc(OCCCO)cc2)O[C@H]1c1ccc(Cl)cc1Cl. The Balaban J connectivity index is 1.82. The van der Waals surface area contributed by atoms with Crippen molar-refractivity contribution in [3.05, 3.63) is 104 Å². The summed E-state index contributed by atoms with van der Waals surface area (Å²) in [5.74, 6) is 5.83. The maximum Gasteiger partial charge on any atom is 0.266 e. The maximum atomic E-state index is 13.5. The number of halogens is 2. The van der Waals surface area contributed by atoms with E-state index in [9.17, 15) is 4.79 Å². The molecule has 1 heterocycles. The van der Waals surface area contributed by atoms with Crippen molar-refractivity contribution in [3.63, 3.8) is 0 Å². The first-order valence-electron chi connectivity index (χ1n) is 11.6. The molecule has 2 atom stereocenters. The van der Waals surface area contributed by atoms with Gasteiger partial charge in [0.05, 0.1) is 6.61 Å². The van der Waals surface area contributed by atoms with E-state index >= 15 is 0 Å². The van der Waals surface area contributed by atoms with Gasteiger partial charge in [0.25, 0.3) is 5.91 Å². The summed E-state index contributed by atoms with van der Waals surface area (Å²) in [7, 11) is 0. The zero-order valence-corrected chi connectivity index (χ0v) is 21.6. The molecule has 3 aromatic carbocycles. The van der Waals surface area contributed by atoms with Crippen molar-refractivity contribution in [2.24, 2.45) is 15.9 Å². The minimum Gasteiger partial charge on any atom is -0.494 e. The fraction of sp³-hybridized carbons (Fsp3) is 0.231. The molecule has 196 valence electrons. The topological polar surface area (TPSA) is 155 Å². The fourth-order valence-electron chi connectivity index (χ4n) is 4.19. The summed E-state index contributed by atoms with van der Waals surface area (Å²) in [5.41, 5.74) is 11.6. The number of nitrogens with one attached hydrogen (secondary N) is 1. The largest absolute Gasteiger partial charge is 0.494 e. The molecule has 0 aliphatic carbocycles. The summed E-state index contributed by atoms with van der Waals surface area (Å²) in [6.07, 6.45) is -0.499. The lowest BCUT2D eigenvalue weighted by Gasteiger charge is -2.31. The molecule has 0 radical (unpaired) electrons. The number of hydrazine groups is 1. The van der Waals surface area contributed by atoms with Gasteiger partial charge >= 0.3 is 0 Å². The maximum absolute atomic E-state index is 13.5. The van der Waals surface area contributed by atoms with Gasteiger partial charge < -0.3 is 14.6 Å². The molecule has 0 fully saturated rings. The van der Waals surface area contributed by atoms with Crippen molar-refractivity contribution in [3.8, 4) is 5.75 Å². The number of amides is 1. The monoisotopic (exact) mass is 554 g/mol. The van der Waals surface area contributed by atoms with Crippen LogP contribution in [0.5, 0.6) is 5.75 Å². The molecule has 0 bridgehead atoms. The van der Waals surface area contributed by atoms with E-state index in [1.54, 1.807) is 66.7 Å². The molecule has 1 aliphatic heterocycles. The molecule has 0 saturated carbocycles. The number of carbonyl (C=O) groups excluding carboxylic acids is 1. The lowest BCUT2D eigenvalue weighted by atomic mass is 9.81. The lowest BCUT2D eigenvalue weighted by molar-refractivity contribution is -0.129. The van der Waals surface area contributed by atoms with Crippen molar-refractivity contribution < 1.29 is 19.4 Å². The minimum absolute atomic E-state index is 0.0132. The van der Waals surface area contributed by atoms with Crippen LogP contribution in [0.4, 0.5) is 5.69 Å². The van der Waals surface area contributed by atoms with Crippen LogP contribution in [0, 0.1) is 0 Å². The van der Waals surface area contributed by atoms with Gasteiger partial charge in [-0.2, -0.15) is 0 Å². The molecule has 0 aromatic heterocycles. The highest BCUT2D eigenvalue weighted by Gasteiger charge is 2.54. The van der Waals surface area contributed by atoms with Crippen LogP contribution in [0.15, 0.2) is 76.8 Å². The third kappa shape index (κ3) is 5.70. The van der Waals surface area contributed by atoms with E-state index in [1.165, 1.54) is 0 Å². The van der Waals surface area contributed by atoms with Crippen LogP contribution in [0.1, 0.15) is 29.2 Å². The van der Waals surface area contributed by atoms with Gasteiger partial charge in [0.15, 0.2) is 11.6 Å². The van der Waals surface area contributed by atoms with E-state index in [2.05, 4.69) is 15.5 Å². The second-order valence-electron chi connectivity index (χ2n) is 8.42. The standard InChI is InChI=1S/C26H24Cl2N6O4/c27-18-8-11-20(21(28)14-18)23-26(25(36)32-29,15-17-4-1-2-5-22(17)33-34-30)31-24(38-23)16-6-9-19(10-7-16)37-13-3-12-35/h1-2,4-11,14,23,35H,3,12-13,15,29H2,(H,32,36)/t23-,26-/m0/s1. The molecule has 38 heavy (non-hydrogen) atoms. The summed E-state index contributed by atoms with van der Waals surface area (Å²) in [4.78, 5) is 21.2. The van der Waals surface area contributed by atoms with Gasteiger partial charge in [0.2, 0.25) is 5.90 Å². The Labute approximate surface area is 228 Å². The number of aliphatic imine (C=N–C) groups is 1. The van der Waals surface area contributed by atoms with E-state index in [0.29, 0.717) is 46.2 Å². The van der Waals surface area contributed by atoms with Gasteiger partial charge in [-0.1, -0.05) is 58.6 Å². The average molecular weight is 555 g/mol. The van der Waals surface area contributed by atoms with Gasteiger partial charge in [-0.25, -0.2) is 10.8 Å². The molecule has 3 aromatic rings. The normalized spacial score (nSPS) is 18.2. The summed E-state index contributed by atoms with van der Waals surface area (Å²) >= 11 is 12.7. The number of carbonyl (C=O) groups is 1. The van der Waals surface area contributed by atoms with E-state index < -0.39 is 17.6 Å². The van der Waals surface area contributed by atoms with Crippen LogP contribution >= 0.6 is 23.2 Å². The summed E-state index contributed by atoms with van der Waals surface area (Å²) in [5, 5.41) is 13.4. The highest BCUT2D eigenvalue weighted by molar-refractivity contribution is 6.35. The second kappa shape index (κ2) is 12.2. The predicted molar refractivity (Wildman–Crippen MR) is 144 cm³/mol. The van der Waals surface area contributed by atoms with Gasteiger partial charge in [0, 0.05) is 51.2 Å². The molecule has 1 aliphatic rings. The summed E-state index contributed by atoms with van der Waals surface area (Å²) in [6.45, 7) is 0.403. The van der Waals surface area contributed by atoms with Crippen LogP contribution in [-0.4, -0.2) is 35.7 Å². The Bertz CT molecular complexity index is 1390. The number of hydrogen-bond donors (Lipinski definition) is 3. The third-order valence-corrected chi connectivity index (χ3v) is 6.57. The van der Waals surface area contributed by atoms with E-state index in [1.807, 2.05) is 0 Å². The highest BCUT2D eigenvalue weighted by Crippen LogP contribution is 2.45. The number of ether oxygens (including phenoxy) is 2. The lowest BCUT2D eigenvalue weighted by Crippen LogP contribution is -2.52. The quantitative estimate of drug-likeness (QED) is 0.0598. The zero-order chi connectivity index (χ0) is 27.1. The van der Waals surface area contributed by atoms with Crippen LogP contribution in [-0.2, 0) is 16.0 Å². The molecule has 4 rings (SSSR count). The predicted octanol–water partition coefficient (Wildman–Crippen LogP) is 5.19. The molecule has 0 saturated heterocycles. The van der Waals surface area contributed by atoms with E-state index in [0.717, 1.165) is 0 Å². The Hall–Kier alpha value is -3.79. The summed E-state index contributed by atoms with van der Waals surface area (Å²) < 4.78 is 11.9. The fourth-order valence-corrected chi connectivity index (χ4v) is 4.70. The molecule has 4 N–H and O–H groups in total. The van der Waals surface area contributed by atoms with Gasteiger partial charge in [-0.3, -0.25) is 10.2 Å². The van der Waals surface area contributed by atoms with Crippen molar-refractivity contribution in [2.75, 3.05) is 13.2 Å². The van der Waals surface area contributed by atoms with Crippen LogP contribution in [0.3, 0.4) is 0 Å². The van der Waals surface area contributed by atoms with E-state index in [-0.39, 0.29) is 23.9 Å².